The van der Waals surface area contributed by atoms with Gasteiger partial charge in [-0.25, -0.2) is 0 Å². The van der Waals surface area contributed by atoms with Crippen LogP contribution >= 0.6 is 0 Å². The molecule has 0 saturated carbocycles. The van der Waals surface area contributed by atoms with E-state index in [2.05, 4.69) is 6.92 Å². The number of methoxy groups -OCH3 is 1. The molecule has 0 unspecified atom stereocenters. The van der Waals surface area contributed by atoms with Gasteiger partial charge in [-0.05, 0) is 67.8 Å². The van der Waals surface area contributed by atoms with Crippen LogP contribution in [0.15, 0.2) is 78.9 Å². The Morgan fingerprint density at radius 1 is 0.970 bits per heavy atom. The molecular weight excluding hydrogens is 412 g/mol. The summed E-state index contributed by atoms with van der Waals surface area (Å²) in [6.45, 7) is 4.08. The molecule has 0 aliphatic carbocycles. The number of hydrogen-bond acceptors (Lipinski definition) is 3. The third kappa shape index (κ3) is 4.49. The predicted octanol–water partition coefficient (Wildman–Crippen LogP) is 6.01. The van der Waals surface area contributed by atoms with E-state index in [9.17, 15) is 9.59 Å². The number of anilines is 2. The molecule has 0 fully saturated rings. The molecule has 1 aliphatic rings. The normalized spacial score (nSPS) is 17.2. The van der Waals surface area contributed by atoms with Crippen LogP contribution in [0.3, 0.4) is 0 Å². The molecule has 1 aliphatic heterocycles. The van der Waals surface area contributed by atoms with E-state index < -0.39 is 0 Å². The highest BCUT2D eigenvalue weighted by Crippen LogP contribution is 2.43. The fourth-order valence-corrected chi connectivity index (χ4v) is 4.63. The second kappa shape index (κ2) is 9.90. The maximum atomic E-state index is 13.6. The van der Waals surface area contributed by atoms with Crippen molar-refractivity contribution < 1.29 is 14.3 Å². The van der Waals surface area contributed by atoms with Crippen LogP contribution in [0.25, 0.3) is 0 Å². The predicted molar refractivity (Wildman–Crippen MR) is 132 cm³/mol. The summed E-state index contributed by atoms with van der Waals surface area (Å²) in [6.07, 6.45) is 1.92. The highest BCUT2D eigenvalue weighted by molar-refractivity contribution is 6.07. The molecule has 2 amide bonds. The third-order valence-corrected chi connectivity index (χ3v) is 6.19. The molecule has 3 aromatic carbocycles. The summed E-state index contributed by atoms with van der Waals surface area (Å²) in [7, 11) is 1.61. The van der Waals surface area contributed by atoms with Gasteiger partial charge < -0.3 is 14.5 Å². The number of carbonyl (C=O) groups is 2. The molecule has 4 rings (SSSR count). The Kier molecular flexibility index (Phi) is 6.78. The van der Waals surface area contributed by atoms with E-state index in [4.69, 9.17) is 4.74 Å². The van der Waals surface area contributed by atoms with Gasteiger partial charge in [-0.1, -0.05) is 43.3 Å². The first-order valence-electron chi connectivity index (χ1n) is 11.5. The fraction of sp³-hybridized carbons (Fsp3) is 0.286. The SMILES string of the molecule is CCCC(=O)N(c1ccccc1)[C@H]1C[C@H](C)N(C(=O)c2ccc(OC)cc2)c2ccccc21. The molecule has 0 aromatic heterocycles. The lowest BCUT2D eigenvalue weighted by molar-refractivity contribution is -0.119. The van der Waals surface area contributed by atoms with Crippen molar-refractivity contribution in [3.63, 3.8) is 0 Å². The summed E-state index contributed by atoms with van der Waals surface area (Å²) < 4.78 is 5.23. The van der Waals surface area contributed by atoms with Crippen LogP contribution in [0, 0.1) is 0 Å². The Labute approximate surface area is 195 Å². The average molecular weight is 443 g/mol. The smallest absolute Gasteiger partial charge is 0.258 e. The molecule has 0 N–H and O–H groups in total. The van der Waals surface area contributed by atoms with Gasteiger partial charge in [0.05, 0.1) is 13.2 Å². The van der Waals surface area contributed by atoms with Gasteiger partial charge in [0.25, 0.3) is 5.91 Å². The number of ether oxygens (including phenoxy) is 1. The van der Waals surface area contributed by atoms with E-state index in [1.54, 1.807) is 31.4 Å². The largest absolute Gasteiger partial charge is 0.497 e. The van der Waals surface area contributed by atoms with E-state index in [0.717, 1.165) is 23.4 Å². The zero-order valence-electron chi connectivity index (χ0n) is 19.4. The zero-order chi connectivity index (χ0) is 23.4. The van der Waals surface area contributed by atoms with Gasteiger partial charge in [0, 0.05) is 29.4 Å². The van der Waals surface area contributed by atoms with Gasteiger partial charge in [-0.15, -0.1) is 0 Å². The lowest BCUT2D eigenvalue weighted by Gasteiger charge is -2.43. The summed E-state index contributed by atoms with van der Waals surface area (Å²) in [5.41, 5.74) is 3.34. The molecule has 0 bridgehead atoms. The van der Waals surface area contributed by atoms with Crippen LogP contribution in [0.1, 0.15) is 55.1 Å². The topological polar surface area (TPSA) is 49.9 Å². The molecule has 33 heavy (non-hydrogen) atoms. The Balaban J connectivity index is 1.75. The highest BCUT2D eigenvalue weighted by Gasteiger charge is 2.38. The summed E-state index contributed by atoms with van der Waals surface area (Å²) in [5.74, 6) is 0.763. The van der Waals surface area contributed by atoms with Crippen molar-refractivity contribution in [3.8, 4) is 5.75 Å². The average Bonchev–Trinajstić information content (AvgIpc) is 2.85. The van der Waals surface area contributed by atoms with Crippen LogP contribution in [0.5, 0.6) is 5.75 Å². The molecule has 5 nitrogen and oxygen atoms in total. The van der Waals surface area contributed by atoms with Crippen LogP contribution in [0.4, 0.5) is 11.4 Å². The molecule has 0 radical (unpaired) electrons. The molecule has 0 spiro atoms. The first-order chi connectivity index (χ1) is 16.0. The van der Waals surface area contributed by atoms with Crippen molar-refractivity contribution in [1.29, 1.82) is 0 Å². The fourth-order valence-electron chi connectivity index (χ4n) is 4.63. The number of amides is 2. The number of nitrogens with zero attached hydrogens (tertiary/aromatic N) is 2. The first-order valence-corrected chi connectivity index (χ1v) is 11.5. The zero-order valence-corrected chi connectivity index (χ0v) is 19.4. The van der Waals surface area contributed by atoms with Crippen molar-refractivity contribution in [2.75, 3.05) is 16.9 Å². The molecule has 2 atom stereocenters. The van der Waals surface area contributed by atoms with Gasteiger partial charge in [0.2, 0.25) is 5.91 Å². The molecular formula is C28H30N2O3. The minimum atomic E-state index is -0.141. The number of carbonyl (C=O) groups excluding carboxylic acids is 2. The van der Waals surface area contributed by atoms with Crippen molar-refractivity contribution in [2.45, 2.75) is 45.2 Å². The molecule has 1 heterocycles. The highest BCUT2D eigenvalue weighted by atomic mass is 16.5. The number of rotatable bonds is 6. The van der Waals surface area contributed by atoms with Crippen LogP contribution in [-0.2, 0) is 4.79 Å². The lowest BCUT2D eigenvalue weighted by atomic mass is 9.89. The van der Waals surface area contributed by atoms with E-state index in [-0.39, 0.29) is 23.9 Å². The Bertz CT molecular complexity index is 1110. The third-order valence-electron chi connectivity index (χ3n) is 6.19. The van der Waals surface area contributed by atoms with Gasteiger partial charge >= 0.3 is 0 Å². The molecule has 0 saturated heterocycles. The van der Waals surface area contributed by atoms with E-state index in [0.29, 0.717) is 24.2 Å². The summed E-state index contributed by atoms with van der Waals surface area (Å²) in [6, 6.07) is 24.7. The van der Waals surface area contributed by atoms with Crippen LogP contribution in [-0.4, -0.2) is 25.0 Å². The minimum Gasteiger partial charge on any atom is -0.497 e. The minimum absolute atomic E-state index is 0.0535. The lowest BCUT2D eigenvalue weighted by Crippen LogP contribution is -2.47. The Morgan fingerprint density at radius 3 is 2.30 bits per heavy atom. The van der Waals surface area contributed by atoms with Gasteiger partial charge in [-0.2, -0.15) is 0 Å². The van der Waals surface area contributed by atoms with Crippen molar-refractivity contribution in [3.05, 3.63) is 90.0 Å². The molecule has 5 heteroatoms. The Hall–Kier alpha value is -3.60. The molecule has 170 valence electrons. The number of para-hydroxylation sites is 2. The summed E-state index contributed by atoms with van der Waals surface area (Å²) in [5, 5.41) is 0. The Morgan fingerprint density at radius 2 is 1.64 bits per heavy atom. The van der Waals surface area contributed by atoms with Crippen molar-refractivity contribution >= 4 is 23.2 Å². The van der Waals surface area contributed by atoms with Crippen LogP contribution in [0.2, 0.25) is 0 Å². The van der Waals surface area contributed by atoms with Gasteiger partial charge in [0.1, 0.15) is 5.75 Å². The van der Waals surface area contributed by atoms with Crippen molar-refractivity contribution in [1.82, 2.24) is 0 Å². The van der Waals surface area contributed by atoms with Crippen LogP contribution < -0.4 is 14.5 Å². The number of hydrogen-bond donors (Lipinski definition) is 0. The molecule has 3 aromatic rings. The van der Waals surface area contributed by atoms with E-state index in [1.165, 1.54) is 0 Å². The quantitative estimate of drug-likeness (QED) is 0.470. The second-order valence-corrected chi connectivity index (χ2v) is 8.41. The number of benzene rings is 3. The summed E-state index contributed by atoms with van der Waals surface area (Å²) >= 11 is 0. The van der Waals surface area contributed by atoms with E-state index in [1.807, 2.05) is 71.3 Å². The van der Waals surface area contributed by atoms with Crippen molar-refractivity contribution in [2.24, 2.45) is 0 Å². The summed E-state index contributed by atoms with van der Waals surface area (Å²) in [4.78, 5) is 30.6. The first kappa shape index (κ1) is 22.6. The standard InChI is InChI=1S/C28H30N2O3/c1-4-10-27(31)30(22-11-6-5-7-12-22)26-19-20(2)29(25-14-9-8-13-24(25)26)28(32)21-15-17-23(33-3)18-16-21/h5-9,11-18,20,26H,4,10,19H2,1-3H3/t20-,26-/m0/s1. The number of fused-ring (bicyclic) bond motifs is 1. The second-order valence-electron chi connectivity index (χ2n) is 8.41. The maximum Gasteiger partial charge on any atom is 0.258 e. The van der Waals surface area contributed by atoms with E-state index >= 15 is 0 Å². The monoisotopic (exact) mass is 442 g/mol. The maximum absolute atomic E-state index is 13.6. The van der Waals surface area contributed by atoms with Gasteiger partial charge in [-0.3, -0.25) is 9.59 Å². The van der Waals surface area contributed by atoms with Gasteiger partial charge in [0.15, 0.2) is 0 Å².